The fraction of sp³-hybridized carbons (Fsp3) is 0.462. The first kappa shape index (κ1) is 13.3. The average molecular weight is 261 g/mol. The molecule has 2 heterocycles. The molecule has 6 nitrogen and oxygen atoms in total. The highest BCUT2D eigenvalue weighted by Crippen LogP contribution is 2.24. The Kier molecular flexibility index (Phi) is 3.42. The molecule has 0 aliphatic rings. The maximum absolute atomic E-state index is 11.6. The van der Waals surface area contributed by atoms with Crippen LogP contribution in [-0.2, 0) is 11.8 Å². The minimum absolute atomic E-state index is 0.0928. The number of hydrogen-bond acceptors (Lipinski definition) is 3. The summed E-state index contributed by atoms with van der Waals surface area (Å²) in [6, 6.07) is -0.417. The molecule has 1 amide bonds. The van der Waals surface area contributed by atoms with Gasteiger partial charge in [0, 0.05) is 25.6 Å². The number of primary amides is 1. The van der Waals surface area contributed by atoms with Gasteiger partial charge >= 0.3 is 0 Å². The summed E-state index contributed by atoms with van der Waals surface area (Å²) in [6.07, 6.45) is 5.33. The van der Waals surface area contributed by atoms with E-state index in [0.29, 0.717) is 5.82 Å². The van der Waals surface area contributed by atoms with Gasteiger partial charge < -0.3 is 14.9 Å². The summed E-state index contributed by atoms with van der Waals surface area (Å²) < 4.78 is 3.72. The molecule has 0 bridgehead atoms. The maximum Gasteiger partial charge on any atom is 0.240 e. The highest BCUT2D eigenvalue weighted by Gasteiger charge is 2.25. The van der Waals surface area contributed by atoms with Crippen LogP contribution < -0.4 is 5.73 Å². The first-order valence-electron chi connectivity index (χ1n) is 6.24. The molecule has 2 aromatic heterocycles. The lowest BCUT2D eigenvalue weighted by Gasteiger charge is -2.20. The molecule has 0 aliphatic carbocycles. The highest BCUT2D eigenvalue weighted by molar-refractivity contribution is 5.79. The molecule has 2 N–H and O–H groups in total. The largest absolute Gasteiger partial charge is 0.368 e. The van der Waals surface area contributed by atoms with Crippen molar-refractivity contribution in [1.29, 1.82) is 0 Å². The zero-order valence-electron chi connectivity index (χ0n) is 11.7. The van der Waals surface area contributed by atoms with Crippen molar-refractivity contribution in [2.24, 2.45) is 18.7 Å². The molecular formula is C13H19N5O. The molecule has 2 aromatic rings. The summed E-state index contributed by atoms with van der Waals surface area (Å²) in [5, 5.41) is 0. The van der Waals surface area contributed by atoms with Crippen LogP contribution in [0.25, 0.3) is 11.5 Å². The lowest BCUT2D eigenvalue weighted by molar-refractivity contribution is -0.122. The molecule has 0 spiro atoms. The second-order valence-corrected chi connectivity index (χ2v) is 5.03. The number of amides is 1. The van der Waals surface area contributed by atoms with E-state index in [1.54, 1.807) is 17.0 Å². The van der Waals surface area contributed by atoms with Crippen LogP contribution in [0, 0.1) is 12.8 Å². The molecule has 6 heteroatoms. The molecule has 0 radical (unpaired) electrons. The standard InChI is InChI=1S/C13H19N5O/c1-8(2)11(12(14)19)18-6-5-15-13(18)10-7-17(4)9(3)16-10/h5-8,11H,1-4H3,(H2,14,19)/t11-/m0/s1. The summed E-state index contributed by atoms with van der Waals surface area (Å²) in [4.78, 5) is 20.4. The third kappa shape index (κ3) is 2.38. The SMILES string of the molecule is Cc1nc(-c2nccn2[C@H](C(N)=O)C(C)C)cn1C. The fourth-order valence-corrected chi connectivity index (χ4v) is 2.19. The molecular weight excluding hydrogens is 242 g/mol. The number of aryl methyl sites for hydroxylation is 2. The van der Waals surface area contributed by atoms with Gasteiger partial charge in [-0.2, -0.15) is 0 Å². The van der Waals surface area contributed by atoms with Crippen LogP contribution in [0.1, 0.15) is 25.7 Å². The maximum atomic E-state index is 11.6. The Morgan fingerprint density at radius 3 is 2.58 bits per heavy atom. The van der Waals surface area contributed by atoms with Gasteiger partial charge in [-0.05, 0) is 12.8 Å². The summed E-state index contributed by atoms with van der Waals surface area (Å²) in [7, 11) is 1.92. The number of nitrogens with zero attached hydrogens (tertiary/aromatic N) is 4. The molecule has 1 atom stereocenters. The number of rotatable bonds is 4. The van der Waals surface area contributed by atoms with Crippen LogP contribution in [0.15, 0.2) is 18.6 Å². The topological polar surface area (TPSA) is 78.7 Å². The van der Waals surface area contributed by atoms with Gasteiger partial charge in [-0.3, -0.25) is 4.79 Å². The van der Waals surface area contributed by atoms with Gasteiger partial charge in [-0.1, -0.05) is 13.8 Å². The molecule has 0 aromatic carbocycles. The molecule has 0 saturated carbocycles. The van der Waals surface area contributed by atoms with Crippen LogP contribution in [0.2, 0.25) is 0 Å². The molecule has 0 fully saturated rings. The van der Waals surface area contributed by atoms with Gasteiger partial charge in [-0.25, -0.2) is 9.97 Å². The van der Waals surface area contributed by atoms with Crippen molar-refractivity contribution in [1.82, 2.24) is 19.1 Å². The fourth-order valence-electron chi connectivity index (χ4n) is 2.19. The van der Waals surface area contributed by atoms with Crippen LogP contribution in [0.3, 0.4) is 0 Å². The van der Waals surface area contributed by atoms with Gasteiger partial charge in [0.15, 0.2) is 5.82 Å². The van der Waals surface area contributed by atoms with E-state index in [9.17, 15) is 4.79 Å². The lowest BCUT2D eigenvalue weighted by atomic mass is 10.0. The Labute approximate surface area is 112 Å². The summed E-state index contributed by atoms with van der Waals surface area (Å²) in [5.74, 6) is 1.29. The predicted octanol–water partition coefficient (Wildman–Crippen LogP) is 1.27. The first-order chi connectivity index (χ1) is 8.91. The third-order valence-electron chi connectivity index (χ3n) is 3.23. The highest BCUT2D eigenvalue weighted by atomic mass is 16.1. The van der Waals surface area contributed by atoms with Crippen LogP contribution in [-0.4, -0.2) is 25.0 Å². The van der Waals surface area contributed by atoms with Crippen molar-refractivity contribution in [3.63, 3.8) is 0 Å². The quantitative estimate of drug-likeness (QED) is 0.900. The second kappa shape index (κ2) is 4.87. The zero-order chi connectivity index (χ0) is 14.2. The molecule has 0 aliphatic heterocycles. The Morgan fingerprint density at radius 1 is 1.42 bits per heavy atom. The van der Waals surface area contributed by atoms with Gasteiger partial charge in [0.2, 0.25) is 5.91 Å². The van der Waals surface area contributed by atoms with E-state index in [0.717, 1.165) is 11.5 Å². The number of carbonyl (C=O) groups is 1. The molecule has 0 unspecified atom stereocenters. The normalized spacial score (nSPS) is 12.9. The van der Waals surface area contributed by atoms with E-state index < -0.39 is 6.04 Å². The van der Waals surface area contributed by atoms with Crippen LogP contribution in [0.5, 0.6) is 0 Å². The number of hydrogen-bond donors (Lipinski definition) is 1. The van der Waals surface area contributed by atoms with E-state index in [2.05, 4.69) is 9.97 Å². The first-order valence-corrected chi connectivity index (χ1v) is 6.24. The van der Waals surface area contributed by atoms with Gasteiger partial charge in [0.05, 0.1) is 0 Å². The average Bonchev–Trinajstić information content (AvgIpc) is 2.86. The van der Waals surface area contributed by atoms with Crippen LogP contribution in [0.4, 0.5) is 0 Å². The van der Waals surface area contributed by atoms with E-state index in [-0.39, 0.29) is 11.8 Å². The molecule has 102 valence electrons. The van der Waals surface area contributed by atoms with Crippen molar-refractivity contribution < 1.29 is 4.79 Å². The molecule has 19 heavy (non-hydrogen) atoms. The minimum Gasteiger partial charge on any atom is -0.368 e. The van der Waals surface area contributed by atoms with Crippen molar-refractivity contribution >= 4 is 5.91 Å². The third-order valence-corrected chi connectivity index (χ3v) is 3.23. The Hall–Kier alpha value is -2.11. The summed E-state index contributed by atoms with van der Waals surface area (Å²) in [5.41, 5.74) is 6.24. The Balaban J connectivity index is 2.50. The van der Waals surface area contributed by atoms with Crippen molar-refractivity contribution in [2.45, 2.75) is 26.8 Å². The van der Waals surface area contributed by atoms with E-state index in [1.807, 2.05) is 38.6 Å². The minimum atomic E-state index is -0.417. The lowest BCUT2D eigenvalue weighted by Crippen LogP contribution is -2.30. The van der Waals surface area contributed by atoms with Crippen LogP contribution >= 0.6 is 0 Å². The Bertz CT molecular complexity index is 576. The molecule has 2 rings (SSSR count). The van der Waals surface area contributed by atoms with Crippen molar-refractivity contribution in [2.75, 3.05) is 0 Å². The second-order valence-electron chi connectivity index (χ2n) is 5.03. The Morgan fingerprint density at radius 2 is 2.11 bits per heavy atom. The number of imidazole rings is 2. The summed E-state index contributed by atoms with van der Waals surface area (Å²) >= 11 is 0. The van der Waals surface area contributed by atoms with E-state index >= 15 is 0 Å². The summed E-state index contributed by atoms with van der Waals surface area (Å²) in [6.45, 7) is 5.84. The monoisotopic (exact) mass is 261 g/mol. The number of carbonyl (C=O) groups excluding carboxylic acids is 1. The van der Waals surface area contributed by atoms with E-state index in [4.69, 9.17) is 5.73 Å². The number of nitrogens with two attached hydrogens (primary N) is 1. The van der Waals surface area contributed by atoms with Gasteiger partial charge in [0.1, 0.15) is 17.6 Å². The zero-order valence-corrected chi connectivity index (χ0v) is 11.7. The predicted molar refractivity (Wildman–Crippen MR) is 72.2 cm³/mol. The molecule has 0 saturated heterocycles. The smallest absolute Gasteiger partial charge is 0.240 e. The van der Waals surface area contributed by atoms with Gasteiger partial charge in [-0.15, -0.1) is 0 Å². The number of aromatic nitrogens is 4. The van der Waals surface area contributed by atoms with Crippen molar-refractivity contribution in [3.05, 3.63) is 24.4 Å². The van der Waals surface area contributed by atoms with Crippen molar-refractivity contribution in [3.8, 4) is 11.5 Å². The van der Waals surface area contributed by atoms with Gasteiger partial charge in [0.25, 0.3) is 0 Å². The van der Waals surface area contributed by atoms with E-state index in [1.165, 1.54) is 0 Å².